The number of ketones is 2. The number of rotatable bonds is 8. The second kappa shape index (κ2) is 8.55. The van der Waals surface area contributed by atoms with Crippen LogP contribution in [0.4, 0.5) is 0 Å². The topological polar surface area (TPSA) is 105 Å². The molecule has 3 rings (SSSR count). The van der Waals surface area contributed by atoms with Crippen molar-refractivity contribution in [3.8, 4) is 17.6 Å². The van der Waals surface area contributed by atoms with E-state index in [4.69, 9.17) is 13.9 Å². The Morgan fingerprint density at radius 1 is 1.00 bits per heavy atom. The summed E-state index contributed by atoms with van der Waals surface area (Å²) >= 11 is 0. The lowest BCUT2D eigenvalue weighted by Gasteiger charge is -2.17. The largest absolute Gasteiger partial charge is 0.483 e. The number of benzene rings is 2. The Balaban J connectivity index is 1.65. The Morgan fingerprint density at radius 3 is 2.28 bits per heavy atom. The van der Waals surface area contributed by atoms with Gasteiger partial charge in [-0.15, -0.1) is 0 Å². The molecule has 2 unspecified atom stereocenters. The third-order valence-electron chi connectivity index (χ3n) is 4.14. The molecule has 0 aliphatic heterocycles. The number of esters is 1. The summed E-state index contributed by atoms with van der Waals surface area (Å²) < 4.78 is 21.1. The third kappa shape index (κ3) is 4.60. The molecule has 1 heterocycles. The first kappa shape index (κ1) is 20.1. The van der Waals surface area contributed by atoms with Crippen LogP contribution in [0.1, 0.15) is 13.8 Å². The molecule has 8 heteroatoms. The van der Waals surface area contributed by atoms with Gasteiger partial charge in [-0.3, -0.25) is 14.4 Å². The van der Waals surface area contributed by atoms with Crippen LogP contribution in [-0.4, -0.2) is 35.7 Å². The normalized spacial score (nSPS) is 12.8. The molecule has 1 aromatic heterocycles. The van der Waals surface area contributed by atoms with Crippen LogP contribution in [0.3, 0.4) is 0 Å². The van der Waals surface area contributed by atoms with E-state index in [1.165, 1.54) is 6.92 Å². The Hall–Kier alpha value is -3.68. The summed E-state index contributed by atoms with van der Waals surface area (Å²) in [5, 5.41) is 0. The highest BCUT2D eigenvalue weighted by molar-refractivity contribution is 6.17. The number of carbonyl (C=O) groups excluding carboxylic acids is 3. The van der Waals surface area contributed by atoms with Gasteiger partial charge in [0.2, 0.25) is 0 Å². The fraction of sp³-hybridized carbons (Fsp3) is 0.238. The number of para-hydroxylation sites is 2. The zero-order valence-corrected chi connectivity index (χ0v) is 16.1. The van der Waals surface area contributed by atoms with E-state index in [2.05, 4.69) is 9.72 Å². The Kier molecular flexibility index (Phi) is 5.92. The van der Waals surface area contributed by atoms with Gasteiger partial charge in [-0.2, -0.15) is 4.98 Å². The fourth-order valence-corrected chi connectivity index (χ4v) is 2.68. The van der Waals surface area contributed by atoms with Gasteiger partial charge in [-0.1, -0.05) is 12.1 Å². The smallest absolute Gasteiger partial charge is 0.400 e. The van der Waals surface area contributed by atoms with Crippen LogP contribution >= 0.6 is 0 Å². The predicted molar refractivity (Wildman–Crippen MR) is 102 cm³/mol. The van der Waals surface area contributed by atoms with E-state index in [-0.39, 0.29) is 6.08 Å². The fourth-order valence-electron chi connectivity index (χ4n) is 2.68. The van der Waals surface area contributed by atoms with Gasteiger partial charge < -0.3 is 18.6 Å². The Morgan fingerprint density at radius 2 is 1.66 bits per heavy atom. The lowest BCUT2D eigenvalue weighted by molar-refractivity contribution is -0.154. The first-order valence-electron chi connectivity index (χ1n) is 8.81. The van der Waals surface area contributed by atoms with Crippen LogP contribution in [0, 0.1) is 5.92 Å². The van der Waals surface area contributed by atoms with Gasteiger partial charge >= 0.3 is 12.0 Å². The molecule has 0 amide bonds. The number of carbonyl (C=O) groups is 3. The Bertz CT molecular complexity index is 1010. The van der Waals surface area contributed by atoms with E-state index in [9.17, 15) is 14.4 Å². The summed E-state index contributed by atoms with van der Waals surface area (Å²) in [6.07, 6.45) is -0.919. The molecule has 0 spiro atoms. The van der Waals surface area contributed by atoms with Crippen molar-refractivity contribution in [2.24, 2.45) is 5.92 Å². The summed E-state index contributed by atoms with van der Waals surface area (Å²) in [5.74, 6) is -2.85. The molecule has 0 fully saturated rings. The van der Waals surface area contributed by atoms with Crippen molar-refractivity contribution in [2.45, 2.75) is 20.0 Å². The average Bonchev–Trinajstić information content (AvgIpc) is 3.11. The van der Waals surface area contributed by atoms with E-state index in [1.807, 2.05) is 18.2 Å². The zero-order valence-electron chi connectivity index (χ0n) is 16.1. The molecule has 150 valence electrons. The van der Waals surface area contributed by atoms with Crippen molar-refractivity contribution in [2.75, 3.05) is 7.11 Å². The lowest BCUT2D eigenvalue weighted by Crippen LogP contribution is -2.39. The second-order valence-corrected chi connectivity index (χ2v) is 6.25. The maximum Gasteiger partial charge on any atom is 0.400 e. The number of hydrogen-bond acceptors (Lipinski definition) is 8. The van der Waals surface area contributed by atoms with Gasteiger partial charge in [0, 0.05) is 0 Å². The van der Waals surface area contributed by atoms with Crippen LogP contribution in [-0.2, 0) is 19.1 Å². The first-order valence-corrected chi connectivity index (χ1v) is 8.81. The van der Waals surface area contributed by atoms with Crippen LogP contribution in [0.2, 0.25) is 0 Å². The van der Waals surface area contributed by atoms with E-state index in [0.717, 1.165) is 14.0 Å². The quantitative estimate of drug-likeness (QED) is 0.421. The van der Waals surface area contributed by atoms with Gasteiger partial charge in [0.15, 0.2) is 29.2 Å². The molecule has 0 aliphatic carbocycles. The second-order valence-electron chi connectivity index (χ2n) is 6.25. The lowest BCUT2D eigenvalue weighted by atomic mass is 9.96. The maximum absolute atomic E-state index is 12.4. The molecular formula is C21H19NO7. The molecule has 3 aromatic rings. The number of oxazole rings is 1. The van der Waals surface area contributed by atoms with E-state index < -0.39 is 29.6 Å². The maximum atomic E-state index is 12.4. The molecule has 0 saturated heterocycles. The summed E-state index contributed by atoms with van der Waals surface area (Å²) in [7, 11) is 1.12. The average molecular weight is 397 g/mol. The molecule has 2 aromatic carbocycles. The molecule has 0 N–H and O–H groups in total. The molecule has 29 heavy (non-hydrogen) atoms. The highest BCUT2D eigenvalue weighted by Gasteiger charge is 2.36. The van der Waals surface area contributed by atoms with Gasteiger partial charge in [-0.25, -0.2) is 0 Å². The third-order valence-corrected chi connectivity index (χ3v) is 4.14. The van der Waals surface area contributed by atoms with Crippen LogP contribution in [0.15, 0.2) is 52.9 Å². The number of hydrogen-bond donors (Lipinski definition) is 0. The minimum Gasteiger partial charge on any atom is -0.483 e. The van der Waals surface area contributed by atoms with Gasteiger partial charge in [-0.05, 0) is 50.2 Å². The number of fused-ring (bicyclic) bond motifs is 1. The van der Waals surface area contributed by atoms with Crippen molar-refractivity contribution < 1.29 is 33.0 Å². The van der Waals surface area contributed by atoms with Crippen LogP contribution in [0.5, 0.6) is 17.6 Å². The van der Waals surface area contributed by atoms with Gasteiger partial charge in [0.25, 0.3) is 0 Å². The molecule has 0 aliphatic rings. The summed E-state index contributed by atoms with van der Waals surface area (Å²) in [6.45, 7) is 2.62. The number of Topliss-reactive ketones (excluding diaryl/α,β-unsaturated/α-hetero) is 2. The number of ether oxygens (including phenoxy) is 3. The van der Waals surface area contributed by atoms with Gasteiger partial charge in [0.05, 0.1) is 7.11 Å². The summed E-state index contributed by atoms with van der Waals surface area (Å²) in [6, 6.07) is 13.7. The van der Waals surface area contributed by atoms with E-state index in [1.54, 1.807) is 30.3 Å². The number of nitrogens with zero attached hydrogens (tertiary/aromatic N) is 1. The van der Waals surface area contributed by atoms with Crippen molar-refractivity contribution in [1.82, 2.24) is 4.98 Å². The summed E-state index contributed by atoms with van der Waals surface area (Å²) in [4.78, 5) is 39.9. The molecule has 0 bridgehead atoms. The molecule has 0 saturated carbocycles. The van der Waals surface area contributed by atoms with Gasteiger partial charge in [0.1, 0.15) is 17.0 Å². The minimum atomic E-state index is -1.50. The predicted octanol–water partition coefficient (Wildman–Crippen LogP) is 3.33. The van der Waals surface area contributed by atoms with Crippen LogP contribution < -0.4 is 9.47 Å². The standard InChI is InChI=1S/C21H19NO7/c1-12(23)18(20(25)26-3)19(24)13(2)27-14-8-10-15(11-9-14)28-21-22-16-6-4-5-7-17(16)29-21/h4-11,13,18H,1-3H3. The van der Waals surface area contributed by atoms with Crippen molar-refractivity contribution in [3.05, 3.63) is 48.5 Å². The van der Waals surface area contributed by atoms with Crippen LogP contribution in [0.25, 0.3) is 11.1 Å². The molecular weight excluding hydrogens is 378 g/mol. The SMILES string of the molecule is COC(=O)C(C(C)=O)C(=O)C(C)Oc1ccc(Oc2nc3ccccc3o2)cc1. The Labute approximate surface area is 166 Å². The minimum absolute atomic E-state index is 0.103. The van der Waals surface area contributed by atoms with Crippen molar-refractivity contribution >= 4 is 28.6 Å². The monoisotopic (exact) mass is 397 g/mol. The number of methoxy groups -OCH3 is 1. The van der Waals surface area contributed by atoms with Crippen molar-refractivity contribution in [3.63, 3.8) is 0 Å². The highest BCUT2D eigenvalue weighted by Crippen LogP contribution is 2.27. The zero-order chi connectivity index (χ0) is 21.0. The summed E-state index contributed by atoms with van der Waals surface area (Å²) in [5.41, 5.74) is 1.29. The van der Waals surface area contributed by atoms with E-state index >= 15 is 0 Å². The highest BCUT2D eigenvalue weighted by atomic mass is 16.6. The molecule has 2 atom stereocenters. The molecule has 8 nitrogen and oxygen atoms in total. The molecule has 0 radical (unpaired) electrons. The van der Waals surface area contributed by atoms with E-state index in [0.29, 0.717) is 22.6 Å². The first-order chi connectivity index (χ1) is 13.9. The number of aromatic nitrogens is 1. The van der Waals surface area contributed by atoms with Crippen molar-refractivity contribution in [1.29, 1.82) is 0 Å².